The van der Waals surface area contributed by atoms with Gasteiger partial charge in [0.1, 0.15) is 0 Å². The third kappa shape index (κ3) is 5.07. The third-order valence-corrected chi connectivity index (χ3v) is 4.11. The zero-order valence-corrected chi connectivity index (χ0v) is 13.7. The van der Waals surface area contributed by atoms with Crippen LogP contribution in [0.25, 0.3) is 0 Å². The number of aryl methyl sites for hydroxylation is 2. The number of hydrogen-bond donors (Lipinski definition) is 1. The van der Waals surface area contributed by atoms with E-state index in [-0.39, 0.29) is 11.6 Å². The monoisotopic (exact) mass is 331 g/mol. The van der Waals surface area contributed by atoms with Crippen LogP contribution in [0, 0.1) is 24.0 Å². The maximum atomic E-state index is 12.0. The molecule has 0 spiro atoms. The molecule has 0 bridgehead atoms. The summed E-state index contributed by atoms with van der Waals surface area (Å²) < 4.78 is 0. The highest BCUT2D eigenvalue weighted by Crippen LogP contribution is 2.22. The molecule has 2 rings (SSSR count). The zero-order chi connectivity index (χ0) is 16.8. The van der Waals surface area contributed by atoms with Crippen LogP contribution in [0.2, 0.25) is 0 Å². The molecule has 0 aliphatic rings. The predicted molar refractivity (Wildman–Crippen MR) is 90.8 cm³/mol. The lowest BCUT2D eigenvalue weighted by Gasteiger charge is -2.08. The molecule has 0 unspecified atom stereocenters. The number of nitrogens with one attached hydrogen (secondary N) is 1. The molecule has 0 saturated heterocycles. The van der Waals surface area contributed by atoms with E-state index in [0.717, 1.165) is 16.2 Å². The molecule has 7 heteroatoms. The number of carbonyl (C=O) groups is 1. The fourth-order valence-corrected chi connectivity index (χ4v) is 2.65. The van der Waals surface area contributed by atoms with Gasteiger partial charge in [0.15, 0.2) is 0 Å². The highest BCUT2D eigenvalue weighted by atomic mass is 32.2. The van der Waals surface area contributed by atoms with Crippen LogP contribution in [0.5, 0.6) is 0 Å². The molecule has 120 valence electrons. The topological polar surface area (TPSA) is 85.1 Å². The van der Waals surface area contributed by atoms with E-state index in [9.17, 15) is 14.9 Å². The van der Waals surface area contributed by atoms with Crippen LogP contribution >= 0.6 is 11.8 Å². The number of nitrogens with zero attached hydrogens (tertiary/aromatic N) is 2. The SMILES string of the molecule is Cc1ccc(SCCC(=O)Nc2cc([N+](=O)[O-])ccc2C)nc1. The van der Waals surface area contributed by atoms with Crippen LogP contribution in [0.4, 0.5) is 11.4 Å². The lowest BCUT2D eigenvalue weighted by molar-refractivity contribution is -0.384. The minimum Gasteiger partial charge on any atom is -0.326 e. The lowest BCUT2D eigenvalue weighted by atomic mass is 10.2. The van der Waals surface area contributed by atoms with Crippen molar-refractivity contribution in [1.82, 2.24) is 4.98 Å². The molecule has 6 nitrogen and oxygen atoms in total. The summed E-state index contributed by atoms with van der Waals surface area (Å²) in [4.78, 5) is 26.5. The maximum absolute atomic E-state index is 12.0. The Bertz CT molecular complexity index is 717. The molecule has 0 aliphatic heterocycles. The average Bonchev–Trinajstić information content (AvgIpc) is 2.51. The first-order valence-electron chi connectivity index (χ1n) is 7.06. The minimum atomic E-state index is -0.478. The molecule has 0 saturated carbocycles. The summed E-state index contributed by atoms with van der Waals surface area (Å²) in [5.41, 5.74) is 2.32. The standard InChI is InChI=1S/C16H17N3O3S/c1-11-3-6-16(17-10-11)23-8-7-15(20)18-14-9-13(19(21)22)5-4-12(14)2/h3-6,9-10H,7-8H2,1-2H3,(H,18,20). The Hall–Kier alpha value is -2.41. The van der Waals surface area contributed by atoms with Crippen LogP contribution in [-0.4, -0.2) is 21.6 Å². The van der Waals surface area contributed by atoms with Crippen molar-refractivity contribution in [2.45, 2.75) is 25.3 Å². The Morgan fingerprint density at radius 3 is 2.74 bits per heavy atom. The van der Waals surface area contributed by atoms with E-state index < -0.39 is 4.92 Å². The van der Waals surface area contributed by atoms with Gasteiger partial charge >= 0.3 is 0 Å². The van der Waals surface area contributed by atoms with E-state index in [4.69, 9.17) is 0 Å². The second-order valence-corrected chi connectivity index (χ2v) is 6.19. The van der Waals surface area contributed by atoms with Gasteiger partial charge in [0.2, 0.25) is 5.91 Å². The number of rotatable bonds is 6. The molecule has 1 heterocycles. The number of pyridine rings is 1. The highest BCUT2D eigenvalue weighted by molar-refractivity contribution is 7.99. The van der Waals surface area contributed by atoms with E-state index in [2.05, 4.69) is 10.3 Å². The highest BCUT2D eigenvalue weighted by Gasteiger charge is 2.11. The first-order valence-corrected chi connectivity index (χ1v) is 8.04. The van der Waals surface area contributed by atoms with Gasteiger partial charge in [-0.25, -0.2) is 4.98 Å². The fourth-order valence-electron chi connectivity index (χ4n) is 1.86. The minimum absolute atomic E-state index is 0.0378. The van der Waals surface area contributed by atoms with Crippen molar-refractivity contribution in [3.63, 3.8) is 0 Å². The van der Waals surface area contributed by atoms with Crippen molar-refractivity contribution in [3.8, 4) is 0 Å². The summed E-state index contributed by atoms with van der Waals surface area (Å²) in [6.07, 6.45) is 2.09. The Morgan fingerprint density at radius 2 is 2.09 bits per heavy atom. The molecule has 0 radical (unpaired) electrons. The Morgan fingerprint density at radius 1 is 1.30 bits per heavy atom. The number of benzene rings is 1. The van der Waals surface area contributed by atoms with Gasteiger partial charge in [-0.05, 0) is 31.0 Å². The first-order chi connectivity index (χ1) is 11.0. The molecule has 0 atom stereocenters. The number of carbonyl (C=O) groups excluding carboxylic acids is 1. The van der Waals surface area contributed by atoms with Gasteiger partial charge in [-0.1, -0.05) is 12.1 Å². The second-order valence-electron chi connectivity index (χ2n) is 5.08. The number of nitro benzene ring substituents is 1. The van der Waals surface area contributed by atoms with Crippen molar-refractivity contribution >= 4 is 29.0 Å². The van der Waals surface area contributed by atoms with Gasteiger partial charge in [0, 0.05) is 30.5 Å². The Labute approximate surface area is 138 Å². The molecule has 1 aromatic heterocycles. The normalized spacial score (nSPS) is 10.3. The maximum Gasteiger partial charge on any atom is 0.271 e. The van der Waals surface area contributed by atoms with E-state index >= 15 is 0 Å². The number of nitro groups is 1. The third-order valence-electron chi connectivity index (χ3n) is 3.17. The molecule has 1 amide bonds. The van der Waals surface area contributed by atoms with E-state index in [1.165, 1.54) is 23.9 Å². The number of anilines is 1. The van der Waals surface area contributed by atoms with E-state index in [1.54, 1.807) is 19.2 Å². The van der Waals surface area contributed by atoms with Gasteiger partial charge in [-0.3, -0.25) is 14.9 Å². The summed E-state index contributed by atoms with van der Waals surface area (Å²) in [7, 11) is 0. The van der Waals surface area contributed by atoms with Crippen molar-refractivity contribution in [2.24, 2.45) is 0 Å². The average molecular weight is 331 g/mol. The van der Waals surface area contributed by atoms with E-state index in [1.807, 2.05) is 19.1 Å². The number of amides is 1. The first kappa shape index (κ1) is 17.0. The van der Waals surface area contributed by atoms with Gasteiger partial charge < -0.3 is 5.32 Å². The smallest absolute Gasteiger partial charge is 0.271 e. The van der Waals surface area contributed by atoms with Crippen molar-refractivity contribution in [1.29, 1.82) is 0 Å². The molecule has 1 N–H and O–H groups in total. The van der Waals surface area contributed by atoms with Gasteiger partial charge in [0.25, 0.3) is 5.69 Å². The largest absolute Gasteiger partial charge is 0.326 e. The molecule has 2 aromatic rings. The molecule has 0 aliphatic carbocycles. The summed E-state index contributed by atoms with van der Waals surface area (Å²) in [6.45, 7) is 3.76. The van der Waals surface area contributed by atoms with Crippen molar-refractivity contribution in [2.75, 3.05) is 11.1 Å². The summed E-state index contributed by atoms with van der Waals surface area (Å²) >= 11 is 1.50. The molecular formula is C16H17N3O3S. The van der Waals surface area contributed by atoms with Crippen molar-refractivity contribution < 1.29 is 9.72 Å². The van der Waals surface area contributed by atoms with Crippen LogP contribution in [-0.2, 0) is 4.79 Å². The van der Waals surface area contributed by atoms with Crippen LogP contribution < -0.4 is 5.32 Å². The fraction of sp³-hybridized carbons (Fsp3) is 0.250. The van der Waals surface area contributed by atoms with Crippen LogP contribution in [0.15, 0.2) is 41.6 Å². The molecule has 0 fully saturated rings. The predicted octanol–water partition coefficient (Wildman–Crippen LogP) is 3.73. The molecule has 1 aromatic carbocycles. The quantitative estimate of drug-likeness (QED) is 0.495. The number of hydrogen-bond acceptors (Lipinski definition) is 5. The van der Waals surface area contributed by atoms with Gasteiger partial charge in [-0.2, -0.15) is 0 Å². The lowest BCUT2D eigenvalue weighted by Crippen LogP contribution is -2.13. The number of aromatic nitrogens is 1. The molecule has 23 heavy (non-hydrogen) atoms. The Balaban J connectivity index is 1.88. The van der Waals surface area contributed by atoms with Crippen LogP contribution in [0.3, 0.4) is 0 Å². The Kier molecular flexibility index (Phi) is 5.70. The van der Waals surface area contributed by atoms with Crippen LogP contribution in [0.1, 0.15) is 17.5 Å². The summed E-state index contributed by atoms with van der Waals surface area (Å²) in [6, 6.07) is 8.31. The zero-order valence-electron chi connectivity index (χ0n) is 12.9. The van der Waals surface area contributed by atoms with Gasteiger partial charge in [-0.15, -0.1) is 11.8 Å². The van der Waals surface area contributed by atoms with Gasteiger partial charge in [0.05, 0.1) is 15.6 Å². The summed E-state index contributed by atoms with van der Waals surface area (Å²) in [5, 5.41) is 14.4. The number of non-ortho nitro benzene ring substituents is 1. The summed E-state index contributed by atoms with van der Waals surface area (Å²) in [5.74, 6) is 0.420. The van der Waals surface area contributed by atoms with Crippen molar-refractivity contribution in [3.05, 3.63) is 57.8 Å². The molecular weight excluding hydrogens is 314 g/mol. The second kappa shape index (κ2) is 7.73. The number of thioether (sulfide) groups is 1. The van der Waals surface area contributed by atoms with E-state index in [0.29, 0.717) is 17.9 Å².